The number of ether oxygens (including phenoxy) is 1. The highest BCUT2D eigenvalue weighted by atomic mass is 32.1. The zero-order valence-electron chi connectivity index (χ0n) is 16.1. The molecule has 0 aliphatic carbocycles. The van der Waals surface area contributed by atoms with Crippen LogP contribution in [0.4, 0.5) is 4.39 Å². The molecule has 0 bridgehead atoms. The lowest BCUT2D eigenvalue weighted by Crippen LogP contribution is -2.29. The molecule has 0 N–H and O–H groups in total. The first kappa shape index (κ1) is 19.9. The first-order valence-electron chi connectivity index (χ1n) is 9.33. The maximum atomic E-state index is 13.3. The second kappa shape index (κ2) is 8.16. The number of halogens is 1. The molecular formula is C22H17FN2O4S. The van der Waals surface area contributed by atoms with Crippen molar-refractivity contribution in [2.45, 2.75) is 19.9 Å². The second-order valence-corrected chi connectivity index (χ2v) is 7.70. The van der Waals surface area contributed by atoms with Gasteiger partial charge in [0.15, 0.2) is 0 Å². The fraction of sp³-hybridized carbons (Fsp3) is 0.182. The van der Waals surface area contributed by atoms with E-state index in [0.29, 0.717) is 32.3 Å². The van der Waals surface area contributed by atoms with Crippen LogP contribution in [-0.2, 0) is 22.5 Å². The Labute approximate surface area is 175 Å². The normalized spacial score (nSPS) is 12.9. The van der Waals surface area contributed by atoms with Crippen molar-refractivity contribution in [1.82, 2.24) is 9.88 Å². The topological polar surface area (TPSA) is 76.6 Å². The van der Waals surface area contributed by atoms with Gasteiger partial charge < -0.3 is 4.74 Å². The summed E-state index contributed by atoms with van der Waals surface area (Å²) in [5.74, 6) is -1.58. The van der Waals surface area contributed by atoms with Crippen LogP contribution in [-0.4, -0.2) is 34.3 Å². The molecule has 0 fully saturated rings. The third-order valence-corrected chi connectivity index (χ3v) is 5.81. The highest BCUT2D eigenvalue weighted by Crippen LogP contribution is 2.31. The summed E-state index contributed by atoms with van der Waals surface area (Å²) < 4.78 is 18.3. The van der Waals surface area contributed by atoms with Gasteiger partial charge in [-0.25, -0.2) is 9.37 Å². The summed E-state index contributed by atoms with van der Waals surface area (Å²) >= 11 is 1.26. The number of hydrogen-bond donors (Lipinski definition) is 0. The molecule has 1 aliphatic rings. The van der Waals surface area contributed by atoms with Crippen LogP contribution in [0.1, 0.15) is 38.2 Å². The molecule has 6 nitrogen and oxygen atoms in total. The average molecular weight is 424 g/mol. The molecule has 0 spiro atoms. The Bertz CT molecular complexity index is 1110. The van der Waals surface area contributed by atoms with Crippen molar-refractivity contribution in [1.29, 1.82) is 0 Å². The minimum atomic E-state index is -0.421. The van der Waals surface area contributed by atoms with Gasteiger partial charge in [-0.2, -0.15) is 0 Å². The number of fused-ring (bicyclic) bond motifs is 1. The van der Waals surface area contributed by atoms with Crippen molar-refractivity contribution in [2.75, 3.05) is 6.61 Å². The summed E-state index contributed by atoms with van der Waals surface area (Å²) in [6.07, 6.45) is -0.0226. The Hall–Kier alpha value is -3.39. The Balaban J connectivity index is 1.67. The molecule has 0 atom stereocenters. The van der Waals surface area contributed by atoms with Gasteiger partial charge in [0.1, 0.15) is 10.8 Å². The highest BCUT2D eigenvalue weighted by molar-refractivity contribution is 7.15. The molecule has 3 aromatic rings. The molecule has 0 radical (unpaired) electrons. The van der Waals surface area contributed by atoms with Gasteiger partial charge in [0.25, 0.3) is 11.8 Å². The number of thiazole rings is 1. The molecule has 152 valence electrons. The van der Waals surface area contributed by atoms with E-state index in [-0.39, 0.29) is 25.4 Å². The minimum Gasteiger partial charge on any atom is -0.466 e. The Morgan fingerprint density at radius 3 is 2.30 bits per heavy atom. The van der Waals surface area contributed by atoms with Gasteiger partial charge in [0, 0.05) is 10.4 Å². The van der Waals surface area contributed by atoms with Crippen LogP contribution in [0.25, 0.3) is 10.6 Å². The number of nitrogens with zero attached hydrogens (tertiary/aromatic N) is 2. The number of aromatic nitrogens is 1. The number of carbonyl (C=O) groups is 3. The monoisotopic (exact) mass is 424 g/mol. The summed E-state index contributed by atoms with van der Waals surface area (Å²) in [5.41, 5.74) is 1.83. The Morgan fingerprint density at radius 1 is 1.07 bits per heavy atom. The average Bonchev–Trinajstić information content (AvgIpc) is 3.23. The molecular weight excluding hydrogens is 407 g/mol. The smallest absolute Gasteiger partial charge is 0.311 e. The zero-order valence-corrected chi connectivity index (χ0v) is 16.9. The number of rotatable bonds is 6. The highest BCUT2D eigenvalue weighted by Gasteiger charge is 2.36. The summed E-state index contributed by atoms with van der Waals surface area (Å²) in [4.78, 5) is 43.8. The van der Waals surface area contributed by atoms with Crippen LogP contribution in [0.15, 0.2) is 48.5 Å². The summed E-state index contributed by atoms with van der Waals surface area (Å²) in [6, 6.07) is 12.5. The van der Waals surface area contributed by atoms with Gasteiger partial charge in [-0.1, -0.05) is 12.1 Å². The lowest BCUT2D eigenvalue weighted by molar-refractivity contribution is -0.142. The zero-order chi connectivity index (χ0) is 21.3. The van der Waals surface area contributed by atoms with Gasteiger partial charge >= 0.3 is 5.97 Å². The molecule has 4 rings (SSSR count). The largest absolute Gasteiger partial charge is 0.466 e. The van der Waals surface area contributed by atoms with Crippen LogP contribution < -0.4 is 0 Å². The SMILES string of the molecule is CCOC(=O)Cc1sc(-c2ccc(F)cc2)nc1CN1C(=O)c2ccccc2C1=O. The van der Waals surface area contributed by atoms with E-state index < -0.39 is 17.8 Å². The van der Waals surface area contributed by atoms with Crippen molar-refractivity contribution in [2.24, 2.45) is 0 Å². The van der Waals surface area contributed by atoms with Crippen LogP contribution >= 0.6 is 11.3 Å². The number of esters is 1. The Morgan fingerprint density at radius 2 is 1.70 bits per heavy atom. The van der Waals surface area contributed by atoms with Crippen LogP contribution in [0, 0.1) is 5.82 Å². The second-order valence-electron chi connectivity index (χ2n) is 6.62. The Kier molecular flexibility index (Phi) is 5.41. The van der Waals surface area contributed by atoms with E-state index in [2.05, 4.69) is 4.98 Å². The van der Waals surface area contributed by atoms with Gasteiger partial charge in [0.2, 0.25) is 0 Å². The molecule has 30 heavy (non-hydrogen) atoms. The maximum absolute atomic E-state index is 13.3. The standard InChI is InChI=1S/C22H17FN2O4S/c1-2-29-19(26)11-18-17(24-20(30-18)13-7-9-14(23)10-8-13)12-25-21(27)15-5-3-4-6-16(15)22(25)28/h3-10H,2,11-12H2,1H3. The van der Waals surface area contributed by atoms with Crippen molar-refractivity contribution in [3.63, 3.8) is 0 Å². The summed E-state index contributed by atoms with van der Waals surface area (Å²) in [6.45, 7) is 1.91. The molecule has 0 unspecified atom stereocenters. The number of benzene rings is 2. The lowest BCUT2D eigenvalue weighted by Gasteiger charge is -2.13. The number of carbonyl (C=O) groups excluding carboxylic acids is 3. The molecule has 1 aliphatic heterocycles. The van der Waals surface area contributed by atoms with Crippen LogP contribution in [0.5, 0.6) is 0 Å². The molecule has 0 saturated carbocycles. The van der Waals surface area contributed by atoms with Gasteiger partial charge in [-0.05, 0) is 43.3 Å². The predicted molar refractivity (Wildman–Crippen MR) is 108 cm³/mol. The first-order chi connectivity index (χ1) is 14.5. The van der Waals surface area contributed by atoms with E-state index in [1.54, 1.807) is 43.3 Å². The molecule has 2 amide bonds. The van der Waals surface area contributed by atoms with Gasteiger partial charge in [-0.15, -0.1) is 11.3 Å². The summed E-state index contributed by atoms with van der Waals surface area (Å²) in [7, 11) is 0. The van der Waals surface area contributed by atoms with Crippen molar-refractivity contribution < 1.29 is 23.5 Å². The third-order valence-electron chi connectivity index (χ3n) is 4.67. The molecule has 8 heteroatoms. The molecule has 1 aromatic heterocycles. The predicted octanol–water partition coefficient (Wildman–Crippen LogP) is 3.85. The minimum absolute atomic E-state index is 0.0226. The van der Waals surface area contributed by atoms with E-state index >= 15 is 0 Å². The van der Waals surface area contributed by atoms with E-state index in [4.69, 9.17) is 4.74 Å². The quantitative estimate of drug-likeness (QED) is 0.444. The van der Waals surface area contributed by atoms with Gasteiger partial charge in [0.05, 0.1) is 36.4 Å². The third kappa shape index (κ3) is 3.73. The first-order valence-corrected chi connectivity index (χ1v) is 10.1. The van der Waals surface area contributed by atoms with Gasteiger partial charge in [-0.3, -0.25) is 19.3 Å². The van der Waals surface area contributed by atoms with Crippen molar-refractivity contribution in [3.05, 3.63) is 76.0 Å². The molecule has 2 aromatic carbocycles. The summed E-state index contributed by atoms with van der Waals surface area (Å²) in [5, 5.41) is 0.570. The number of hydrogen-bond acceptors (Lipinski definition) is 6. The lowest BCUT2D eigenvalue weighted by atomic mass is 10.1. The fourth-order valence-corrected chi connectivity index (χ4v) is 4.30. The number of imide groups is 1. The maximum Gasteiger partial charge on any atom is 0.311 e. The number of amides is 2. The van der Waals surface area contributed by atoms with E-state index in [0.717, 1.165) is 4.90 Å². The molecule has 2 heterocycles. The van der Waals surface area contributed by atoms with E-state index in [1.165, 1.54) is 23.5 Å². The van der Waals surface area contributed by atoms with Crippen LogP contribution in [0.3, 0.4) is 0 Å². The van der Waals surface area contributed by atoms with E-state index in [9.17, 15) is 18.8 Å². The van der Waals surface area contributed by atoms with Crippen LogP contribution in [0.2, 0.25) is 0 Å². The van der Waals surface area contributed by atoms with Crippen molar-refractivity contribution in [3.8, 4) is 10.6 Å². The van der Waals surface area contributed by atoms with E-state index in [1.807, 2.05) is 0 Å². The van der Waals surface area contributed by atoms with Crippen molar-refractivity contribution >= 4 is 29.1 Å². The molecule has 0 saturated heterocycles. The fourth-order valence-electron chi connectivity index (χ4n) is 3.24.